The molecule has 0 aliphatic rings. The summed E-state index contributed by atoms with van der Waals surface area (Å²) in [6, 6.07) is 15.7. The molecule has 0 amide bonds. The molecule has 0 saturated carbocycles. The Labute approximate surface area is 134 Å². The summed E-state index contributed by atoms with van der Waals surface area (Å²) in [5.74, 6) is 1.32. The van der Waals surface area contributed by atoms with Crippen molar-refractivity contribution < 1.29 is 4.74 Å². The van der Waals surface area contributed by atoms with Gasteiger partial charge < -0.3 is 10.1 Å². The average molecular weight is 307 g/mol. The standard InChI is InChI=1S/C17H17N5O/c1-13-7-3-4-8-14(13)18-12-11-17-19-20-21-22(17)15-9-5-6-10-16(15)23-2/h3-12,18H,1-2H3/b12-11+. The molecule has 0 aliphatic carbocycles. The molecule has 2 aromatic carbocycles. The van der Waals surface area contributed by atoms with Gasteiger partial charge in [-0.2, -0.15) is 4.68 Å². The minimum Gasteiger partial charge on any atom is -0.494 e. The Morgan fingerprint density at radius 1 is 1.09 bits per heavy atom. The van der Waals surface area contributed by atoms with Gasteiger partial charge in [0.05, 0.1) is 7.11 Å². The van der Waals surface area contributed by atoms with Crippen LogP contribution in [0.25, 0.3) is 11.8 Å². The van der Waals surface area contributed by atoms with Gasteiger partial charge in [0.2, 0.25) is 0 Å². The summed E-state index contributed by atoms with van der Waals surface area (Å²) in [6.07, 6.45) is 3.64. The van der Waals surface area contributed by atoms with Crippen LogP contribution in [0.4, 0.5) is 5.69 Å². The molecule has 1 aromatic heterocycles. The number of hydrogen-bond acceptors (Lipinski definition) is 5. The zero-order chi connectivity index (χ0) is 16.1. The van der Waals surface area contributed by atoms with Crippen LogP contribution in [0.15, 0.2) is 54.7 Å². The number of tetrazole rings is 1. The number of nitrogens with zero attached hydrogens (tertiary/aromatic N) is 4. The highest BCUT2D eigenvalue weighted by molar-refractivity contribution is 5.57. The van der Waals surface area contributed by atoms with E-state index in [9.17, 15) is 0 Å². The maximum Gasteiger partial charge on any atom is 0.181 e. The number of aromatic nitrogens is 4. The molecule has 0 fully saturated rings. The molecule has 0 saturated heterocycles. The van der Waals surface area contributed by atoms with Gasteiger partial charge in [0.15, 0.2) is 5.82 Å². The van der Waals surface area contributed by atoms with Gasteiger partial charge in [-0.05, 0) is 41.1 Å². The van der Waals surface area contributed by atoms with Gasteiger partial charge >= 0.3 is 0 Å². The van der Waals surface area contributed by atoms with E-state index in [2.05, 4.69) is 33.8 Å². The maximum absolute atomic E-state index is 5.36. The Hall–Kier alpha value is -3.15. The van der Waals surface area contributed by atoms with E-state index in [0.717, 1.165) is 11.4 Å². The molecule has 0 unspecified atom stereocenters. The van der Waals surface area contributed by atoms with Crippen molar-refractivity contribution in [2.24, 2.45) is 0 Å². The topological polar surface area (TPSA) is 64.9 Å². The van der Waals surface area contributed by atoms with Gasteiger partial charge in [-0.15, -0.1) is 5.10 Å². The number of rotatable bonds is 5. The fourth-order valence-corrected chi connectivity index (χ4v) is 2.22. The summed E-state index contributed by atoms with van der Waals surface area (Å²) < 4.78 is 6.99. The molecule has 6 heteroatoms. The van der Waals surface area contributed by atoms with Crippen LogP contribution in [0.1, 0.15) is 11.4 Å². The third-order valence-electron chi connectivity index (χ3n) is 3.42. The molecule has 6 nitrogen and oxygen atoms in total. The van der Waals surface area contributed by atoms with Crippen molar-refractivity contribution in [1.29, 1.82) is 0 Å². The highest BCUT2D eigenvalue weighted by atomic mass is 16.5. The molecular weight excluding hydrogens is 290 g/mol. The van der Waals surface area contributed by atoms with Gasteiger partial charge in [0, 0.05) is 18.0 Å². The van der Waals surface area contributed by atoms with Gasteiger partial charge in [-0.3, -0.25) is 0 Å². The zero-order valence-electron chi connectivity index (χ0n) is 13.0. The third kappa shape index (κ3) is 3.21. The summed E-state index contributed by atoms with van der Waals surface area (Å²) in [5, 5.41) is 15.1. The van der Waals surface area contributed by atoms with E-state index in [1.54, 1.807) is 11.8 Å². The van der Waals surface area contributed by atoms with Crippen LogP contribution >= 0.6 is 0 Å². The van der Waals surface area contributed by atoms with Gasteiger partial charge in [0.25, 0.3) is 0 Å². The van der Waals surface area contributed by atoms with Crippen molar-refractivity contribution in [3.8, 4) is 11.4 Å². The molecule has 3 aromatic rings. The Balaban J connectivity index is 1.84. The van der Waals surface area contributed by atoms with Gasteiger partial charge in [-0.1, -0.05) is 30.3 Å². The number of nitrogens with one attached hydrogen (secondary N) is 1. The monoisotopic (exact) mass is 307 g/mol. The summed E-state index contributed by atoms with van der Waals surface area (Å²) in [7, 11) is 1.62. The molecule has 0 aliphatic heterocycles. The second-order valence-electron chi connectivity index (χ2n) is 4.91. The molecule has 3 rings (SSSR count). The lowest BCUT2D eigenvalue weighted by atomic mass is 10.2. The van der Waals surface area contributed by atoms with Crippen molar-refractivity contribution >= 4 is 11.8 Å². The first-order chi connectivity index (χ1) is 11.3. The summed E-state index contributed by atoms with van der Waals surface area (Å²) >= 11 is 0. The van der Waals surface area contributed by atoms with E-state index in [0.29, 0.717) is 11.6 Å². The molecule has 0 atom stereocenters. The van der Waals surface area contributed by atoms with E-state index < -0.39 is 0 Å². The number of anilines is 1. The fraction of sp³-hybridized carbons (Fsp3) is 0.118. The van der Waals surface area contributed by atoms with Crippen LogP contribution in [-0.4, -0.2) is 27.3 Å². The van der Waals surface area contributed by atoms with Crippen molar-refractivity contribution in [2.75, 3.05) is 12.4 Å². The SMILES string of the molecule is COc1ccccc1-n1nnnc1/C=C/Nc1ccccc1C. The molecule has 116 valence electrons. The predicted octanol–water partition coefficient (Wildman–Crippen LogP) is 3.06. The highest BCUT2D eigenvalue weighted by Crippen LogP contribution is 2.22. The first kappa shape index (κ1) is 14.8. The Morgan fingerprint density at radius 3 is 2.70 bits per heavy atom. The Morgan fingerprint density at radius 2 is 1.87 bits per heavy atom. The second kappa shape index (κ2) is 6.74. The predicted molar refractivity (Wildman–Crippen MR) is 89.5 cm³/mol. The fourth-order valence-electron chi connectivity index (χ4n) is 2.22. The molecule has 0 spiro atoms. The molecule has 23 heavy (non-hydrogen) atoms. The number of hydrogen-bond donors (Lipinski definition) is 1. The third-order valence-corrected chi connectivity index (χ3v) is 3.42. The minimum atomic E-state index is 0.607. The van der Waals surface area contributed by atoms with Crippen LogP contribution in [0.2, 0.25) is 0 Å². The van der Waals surface area contributed by atoms with E-state index in [-0.39, 0.29) is 0 Å². The van der Waals surface area contributed by atoms with E-state index >= 15 is 0 Å². The first-order valence-corrected chi connectivity index (χ1v) is 7.20. The number of benzene rings is 2. The Bertz CT molecular complexity index is 825. The van der Waals surface area contributed by atoms with Crippen molar-refractivity contribution in [1.82, 2.24) is 20.2 Å². The van der Waals surface area contributed by atoms with Crippen molar-refractivity contribution in [3.63, 3.8) is 0 Å². The lowest BCUT2D eigenvalue weighted by Gasteiger charge is -2.08. The van der Waals surface area contributed by atoms with Gasteiger partial charge in [0.1, 0.15) is 11.4 Å². The van der Waals surface area contributed by atoms with Crippen LogP contribution in [0.3, 0.4) is 0 Å². The zero-order valence-corrected chi connectivity index (χ0v) is 13.0. The van der Waals surface area contributed by atoms with Crippen LogP contribution in [0.5, 0.6) is 5.75 Å². The smallest absolute Gasteiger partial charge is 0.181 e. The normalized spacial score (nSPS) is 10.9. The van der Waals surface area contributed by atoms with Crippen molar-refractivity contribution in [3.05, 3.63) is 66.1 Å². The number of para-hydroxylation sites is 3. The van der Waals surface area contributed by atoms with Crippen molar-refractivity contribution in [2.45, 2.75) is 6.92 Å². The van der Waals surface area contributed by atoms with E-state index in [1.807, 2.05) is 54.7 Å². The molecule has 0 bridgehead atoms. The Kier molecular flexibility index (Phi) is 4.33. The molecule has 0 radical (unpaired) electrons. The maximum atomic E-state index is 5.36. The van der Waals surface area contributed by atoms with Crippen LogP contribution in [0, 0.1) is 6.92 Å². The van der Waals surface area contributed by atoms with Crippen LogP contribution in [-0.2, 0) is 0 Å². The molecule has 1 N–H and O–H groups in total. The summed E-state index contributed by atoms with van der Waals surface area (Å²) in [6.45, 7) is 2.05. The number of aryl methyl sites for hydroxylation is 1. The summed E-state index contributed by atoms with van der Waals surface area (Å²) in [4.78, 5) is 0. The molecular formula is C17H17N5O. The van der Waals surface area contributed by atoms with E-state index in [4.69, 9.17) is 4.74 Å². The quantitative estimate of drug-likeness (QED) is 0.785. The number of ether oxygens (including phenoxy) is 1. The summed E-state index contributed by atoms with van der Waals surface area (Å²) in [5.41, 5.74) is 3.00. The van der Waals surface area contributed by atoms with Crippen LogP contribution < -0.4 is 10.1 Å². The average Bonchev–Trinajstić information content (AvgIpc) is 3.05. The number of methoxy groups -OCH3 is 1. The molecule has 1 heterocycles. The lowest BCUT2D eigenvalue weighted by Crippen LogP contribution is -2.02. The first-order valence-electron chi connectivity index (χ1n) is 7.20. The largest absolute Gasteiger partial charge is 0.494 e. The lowest BCUT2D eigenvalue weighted by molar-refractivity contribution is 0.411. The minimum absolute atomic E-state index is 0.607. The highest BCUT2D eigenvalue weighted by Gasteiger charge is 2.09. The van der Waals surface area contributed by atoms with Gasteiger partial charge in [-0.25, -0.2) is 0 Å². The second-order valence-corrected chi connectivity index (χ2v) is 4.91. The van der Waals surface area contributed by atoms with E-state index in [1.165, 1.54) is 5.56 Å².